The summed E-state index contributed by atoms with van der Waals surface area (Å²) in [5, 5.41) is 10.9. The number of nitro groups is 1. The molecule has 1 aliphatic heterocycles. The van der Waals surface area contributed by atoms with Crippen LogP contribution >= 0.6 is 35.6 Å². The molecule has 0 spiro atoms. The molecule has 0 N–H and O–H groups in total. The average Bonchev–Trinajstić information content (AvgIpc) is 2.89. The van der Waals surface area contributed by atoms with Gasteiger partial charge in [-0.3, -0.25) is 19.7 Å². The maximum atomic E-state index is 12.6. The highest BCUT2D eigenvalue weighted by molar-refractivity contribution is 8.26. The number of carbonyl (C=O) groups excluding carboxylic acids is 2. The predicted molar refractivity (Wildman–Crippen MR) is 104 cm³/mol. The van der Waals surface area contributed by atoms with Gasteiger partial charge < -0.3 is 0 Å². The van der Waals surface area contributed by atoms with E-state index in [1.54, 1.807) is 18.2 Å². The van der Waals surface area contributed by atoms with Gasteiger partial charge in [0, 0.05) is 12.1 Å². The van der Waals surface area contributed by atoms with Crippen molar-refractivity contribution in [2.24, 2.45) is 0 Å². The fourth-order valence-corrected chi connectivity index (χ4v) is 3.71. The number of carbonyl (C=O) groups is 2. The minimum atomic E-state index is -0.592. The molecule has 0 unspecified atom stereocenters. The molecular weight excluding hydrogens is 396 g/mol. The molecule has 0 radical (unpaired) electrons. The van der Waals surface area contributed by atoms with Gasteiger partial charge in [-0.05, 0) is 35.9 Å². The van der Waals surface area contributed by atoms with Crippen molar-refractivity contribution < 1.29 is 14.5 Å². The molecule has 0 atom stereocenters. The topological polar surface area (TPSA) is 80.5 Å². The van der Waals surface area contributed by atoms with Crippen molar-refractivity contribution in [3.63, 3.8) is 0 Å². The number of halogens is 1. The lowest BCUT2D eigenvalue weighted by molar-refractivity contribution is -0.384. The van der Waals surface area contributed by atoms with Crippen molar-refractivity contribution in [2.45, 2.75) is 0 Å². The van der Waals surface area contributed by atoms with E-state index in [9.17, 15) is 19.7 Å². The van der Waals surface area contributed by atoms with E-state index in [0.29, 0.717) is 5.56 Å². The highest BCUT2D eigenvalue weighted by atomic mass is 35.5. The summed E-state index contributed by atoms with van der Waals surface area (Å²) < 4.78 is 0.105. The molecule has 0 aliphatic carbocycles. The summed E-state index contributed by atoms with van der Waals surface area (Å²) in [6, 6.07) is 12.1. The molecule has 2 aromatic rings. The first kappa shape index (κ1) is 18.2. The summed E-state index contributed by atoms with van der Waals surface area (Å²) in [7, 11) is 0. The third-order valence-corrected chi connectivity index (χ3v) is 5.13. The number of hydrogen-bond donors (Lipinski definition) is 0. The highest BCUT2D eigenvalue weighted by Crippen LogP contribution is 2.34. The van der Waals surface area contributed by atoms with Crippen molar-refractivity contribution in [1.29, 1.82) is 0 Å². The Morgan fingerprint density at radius 3 is 2.46 bits per heavy atom. The van der Waals surface area contributed by atoms with Crippen LogP contribution in [0, 0.1) is 10.1 Å². The third kappa shape index (κ3) is 3.52. The number of imide groups is 1. The van der Waals surface area contributed by atoms with Gasteiger partial charge in [-0.2, -0.15) is 0 Å². The van der Waals surface area contributed by atoms with Crippen LogP contribution < -0.4 is 0 Å². The summed E-state index contributed by atoms with van der Waals surface area (Å²) in [6.45, 7) is 0. The molecule has 3 rings (SSSR count). The van der Waals surface area contributed by atoms with E-state index in [1.807, 2.05) is 0 Å². The zero-order valence-corrected chi connectivity index (χ0v) is 15.3. The molecule has 26 heavy (non-hydrogen) atoms. The number of nitro benzene ring substituents is 1. The van der Waals surface area contributed by atoms with Crippen molar-refractivity contribution in [3.8, 4) is 0 Å². The lowest BCUT2D eigenvalue weighted by atomic mass is 10.2. The molecule has 6 nitrogen and oxygen atoms in total. The fourth-order valence-electron chi connectivity index (χ4n) is 2.24. The Labute approximate surface area is 162 Å². The molecule has 1 saturated heterocycles. The number of thioether (sulfide) groups is 1. The number of nitrogens with zero attached hydrogens (tertiary/aromatic N) is 2. The van der Waals surface area contributed by atoms with Crippen LogP contribution in [0.15, 0.2) is 53.4 Å². The normalized spacial score (nSPS) is 15.6. The Morgan fingerprint density at radius 1 is 1.19 bits per heavy atom. The van der Waals surface area contributed by atoms with E-state index in [0.717, 1.165) is 16.7 Å². The Morgan fingerprint density at radius 2 is 1.85 bits per heavy atom. The third-order valence-electron chi connectivity index (χ3n) is 3.50. The Balaban J connectivity index is 1.88. The van der Waals surface area contributed by atoms with E-state index in [1.165, 1.54) is 36.4 Å². The Hall–Kier alpha value is -2.55. The van der Waals surface area contributed by atoms with Crippen LogP contribution in [-0.2, 0) is 4.79 Å². The summed E-state index contributed by atoms with van der Waals surface area (Å²) >= 11 is 12.2. The fraction of sp³-hybridized carbons (Fsp3) is 0. The lowest BCUT2D eigenvalue weighted by Gasteiger charge is -2.13. The van der Waals surface area contributed by atoms with E-state index >= 15 is 0 Å². The maximum absolute atomic E-state index is 12.6. The van der Waals surface area contributed by atoms with Crippen LogP contribution in [0.1, 0.15) is 15.9 Å². The summed E-state index contributed by atoms with van der Waals surface area (Å²) in [6.07, 6.45) is 1.53. The van der Waals surface area contributed by atoms with Crippen LogP contribution in [0.5, 0.6) is 0 Å². The molecule has 1 fully saturated rings. The first-order valence-corrected chi connectivity index (χ1v) is 8.80. The van der Waals surface area contributed by atoms with Gasteiger partial charge in [-0.1, -0.05) is 47.7 Å². The maximum Gasteiger partial charge on any atom is 0.273 e. The number of thiocarbonyl (C=S) groups is 1. The minimum Gasteiger partial charge on any atom is -0.268 e. The molecule has 0 bridgehead atoms. The SMILES string of the molecule is O=C1/C(=C\c2ccc([N+](=O)[O-])cc2)SC(=S)N1C(=O)c1ccccc1Cl. The summed E-state index contributed by atoms with van der Waals surface area (Å²) in [5.74, 6) is -1.14. The van der Waals surface area contributed by atoms with Gasteiger partial charge in [-0.25, -0.2) is 4.90 Å². The van der Waals surface area contributed by atoms with Gasteiger partial charge in [0.05, 0.1) is 20.4 Å². The van der Waals surface area contributed by atoms with Crippen LogP contribution in [0.3, 0.4) is 0 Å². The second-order valence-electron chi connectivity index (χ2n) is 5.15. The largest absolute Gasteiger partial charge is 0.273 e. The van der Waals surface area contributed by atoms with Gasteiger partial charge in [-0.15, -0.1) is 0 Å². The standard InChI is InChI=1S/C17H9ClN2O4S2/c18-13-4-2-1-3-12(13)15(21)19-16(22)14(26-17(19)25)9-10-5-7-11(8-6-10)20(23)24/h1-9H/b14-9+. The molecule has 9 heteroatoms. The van der Waals surface area contributed by atoms with E-state index < -0.39 is 16.7 Å². The minimum absolute atomic E-state index is 0.0522. The van der Waals surface area contributed by atoms with E-state index in [2.05, 4.69) is 0 Å². The number of hydrogen-bond acceptors (Lipinski definition) is 6. The second kappa shape index (κ2) is 7.36. The molecule has 1 heterocycles. The van der Waals surface area contributed by atoms with Crippen molar-refractivity contribution in [2.75, 3.05) is 0 Å². The zero-order valence-electron chi connectivity index (χ0n) is 12.9. The number of non-ortho nitro benzene ring substituents is 1. The smallest absolute Gasteiger partial charge is 0.268 e. The van der Waals surface area contributed by atoms with Gasteiger partial charge in [0.25, 0.3) is 17.5 Å². The first-order chi connectivity index (χ1) is 12.4. The molecular formula is C17H9ClN2O4S2. The number of amides is 2. The first-order valence-electron chi connectivity index (χ1n) is 7.20. The molecule has 0 aromatic heterocycles. The van der Waals surface area contributed by atoms with Crippen molar-refractivity contribution in [1.82, 2.24) is 4.90 Å². The molecule has 130 valence electrons. The molecule has 2 aromatic carbocycles. The highest BCUT2D eigenvalue weighted by Gasteiger charge is 2.37. The lowest BCUT2D eigenvalue weighted by Crippen LogP contribution is -2.34. The van der Waals surface area contributed by atoms with Crippen LogP contribution in [0.2, 0.25) is 5.02 Å². The molecule has 2 amide bonds. The van der Waals surface area contributed by atoms with Gasteiger partial charge in [0.2, 0.25) is 0 Å². The monoisotopic (exact) mass is 404 g/mol. The average molecular weight is 405 g/mol. The van der Waals surface area contributed by atoms with Gasteiger partial charge in [0.1, 0.15) is 0 Å². The predicted octanol–water partition coefficient (Wildman–Crippen LogP) is 4.29. The summed E-state index contributed by atoms with van der Waals surface area (Å²) in [4.78, 5) is 36.6. The van der Waals surface area contributed by atoms with Gasteiger partial charge >= 0.3 is 0 Å². The zero-order chi connectivity index (χ0) is 18.8. The number of benzene rings is 2. The van der Waals surface area contributed by atoms with E-state index in [4.69, 9.17) is 23.8 Å². The van der Waals surface area contributed by atoms with Crippen LogP contribution in [0.4, 0.5) is 5.69 Å². The Bertz CT molecular complexity index is 973. The van der Waals surface area contributed by atoms with Crippen molar-refractivity contribution >= 4 is 63.5 Å². The van der Waals surface area contributed by atoms with Crippen LogP contribution in [0.25, 0.3) is 6.08 Å². The molecule has 0 saturated carbocycles. The Kier molecular flexibility index (Phi) is 5.17. The van der Waals surface area contributed by atoms with Gasteiger partial charge in [0.15, 0.2) is 4.32 Å². The van der Waals surface area contributed by atoms with E-state index in [-0.39, 0.29) is 25.5 Å². The quantitative estimate of drug-likeness (QED) is 0.249. The molecule has 1 aliphatic rings. The van der Waals surface area contributed by atoms with Crippen LogP contribution in [-0.4, -0.2) is 26.0 Å². The number of rotatable bonds is 3. The second-order valence-corrected chi connectivity index (χ2v) is 7.23. The van der Waals surface area contributed by atoms with Crippen molar-refractivity contribution in [3.05, 3.63) is 79.7 Å². The summed E-state index contributed by atoms with van der Waals surface area (Å²) in [5.41, 5.74) is 0.715.